The number of nitrogens with zero attached hydrogens (tertiary/aromatic N) is 1. The summed E-state index contributed by atoms with van der Waals surface area (Å²) in [4.78, 5) is 0. The standard InChI is InChI=1S/C13H13N/c14-10-12-8-4-5-9-13(12)11-6-2-1-3-7-11/h1-3,6-7H,4-5,8-9H2. The van der Waals surface area contributed by atoms with E-state index in [9.17, 15) is 0 Å². The van der Waals surface area contributed by atoms with Crippen molar-refractivity contribution < 1.29 is 0 Å². The maximum absolute atomic E-state index is 9.01. The molecule has 0 aromatic heterocycles. The van der Waals surface area contributed by atoms with Gasteiger partial charge in [0.25, 0.3) is 0 Å². The minimum atomic E-state index is 0.959. The number of allylic oxidation sites excluding steroid dienone is 2. The first kappa shape index (κ1) is 9.02. The van der Waals surface area contributed by atoms with Crippen molar-refractivity contribution in [3.05, 3.63) is 41.5 Å². The average Bonchev–Trinajstić information content (AvgIpc) is 2.30. The van der Waals surface area contributed by atoms with E-state index < -0.39 is 0 Å². The van der Waals surface area contributed by atoms with Crippen LogP contribution in [0, 0.1) is 11.3 Å². The quantitative estimate of drug-likeness (QED) is 0.653. The second kappa shape index (κ2) is 4.11. The third-order valence-corrected chi connectivity index (χ3v) is 2.73. The molecule has 14 heavy (non-hydrogen) atoms. The lowest BCUT2D eigenvalue weighted by molar-refractivity contribution is 0.726. The number of rotatable bonds is 1. The zero-order valence-electron chi connectivity index (χ0n) is 8.16. The monoisotopic (exact) mass is 183 g/mol. The summed E-state index contributed by atoms with van der Waals surface area (Å²) in [6.07, 6.45) is 4.41. The van der Waals surface area contributed by atoms with E-state index in [2.05, 4.69) is 18.2 Å². The molecule has 70 valence electrons. The van der Waals surface area contributed by atoms with Gasteiger partial charge in [0.1, 0.15) is 0 Å². The molecule has 0 saturated heterocycles. The van der Waals surface area contributed by atoms with Crippen molar-refractivity contribution in [3.63, 3.8) is 0 Å². The molecule has 1 nitrogen and oxygen atoms in total. The fraction of sp³-hybridized carbons (Fsp3) is 0.308. The van der Waals surface area contributed by atoms with E-state index in [4.69, 9.17) is 5.26 Å². The largest absolute Gasteiger partial charge is 0.193 e. The molecular formula is C13H13N. The van der Waals surface area contributed by atoms with Gasteiger partial charge in [-0.1, -0.05) is 30.3 Å². The first-order chi connectivity index (χ1) is 6.92. The zero-order chi connectivity index (χ0) is 9.80. The summed E-state index contributed by atoms with van der Waals surface area (Å²) in [5, 5.41) is 9.01. The lowest BCUT2D eigenvalue weighted by Crippen LogP contribution is -1.97. The van der Waals surface area contributed by atoms with E-state index in [1.807, 2.05) is 18.2 Å². The van der Waals surface area contributed by atoms with Crippen LogP contribution in [-0.4, -0.2) is 0 Å². The first-order valence-corrected chi connectivity index (χ1v) is 5.09. The van der Waals surface area contributed by atoms with Crippen LogP contribution in [0.15, 0.2) is 35.9 Å². The maximum Gasteiger partial charge on any atom is 0.0950 e. The lowest BCUT2D eigenvalue weighted by Gasteiger charge is -2.15. The van der Waals surface area contributed by atoms with Crippen LogP contribution >= 0.6 is 0 Å². The van der Waals surface area contributed by atoms with Crippen LogP contribution in [-0.2, 0) is 0 Å². The summed E-state index contributed by atoms with van der Waals surface area (Å²) in [7, 11) is 0. The summed E-state index contributed by atoms with van der Waals surface area (Å²) in [6, 6.07) is 12.6. The molecule has 1 heteroatoms. The molecule has 0 N–H and O–H groups in total. The molecule has 0 fully saturated rings. The van der Waals surface area contributed by atoms with Crippen molar-refractivity contribution in [2.24, 2.45) is 0 Å². The highest BCUT2D eigenvalue weighted by Gasteiger charge is 2.13. The molecule has 0 spiro atoms. The van der Waals surface area contributed by atoms with E-state index in [0.717, 1.165) is 18.4 Å². The Morgan fingerprint density at radius 2 is 1.71 bits per heavy atom. The zero-order valence-corrected chi connectivity index (χ0v) is 8.16. The summed E-state index contributed by atoms with van der Waals surface area (Å²) < 4.78 is 0. The van der Waals surface area contributed by atoms with Gasteiger partial charge in [0.05, 0.1) is 6.07 Å². The molecule has 1 aliphatic rings. The molecule has 1 aromatic rings. The Balaban J connectivity index is 2.42. The van der Waals surface area contributed by atoms with Crippen LogP contribution in [0.1, 0.15) is 31.2 Å². The Hall–Kier alpha value is -1.55. The van der Waals surface area contributed by atoms with Crippen molar-refractivity contribution >= 4 is 5.57 Å². The Labute approximate surface area is 84.7 Å². The molecule has 0 atom stereocenters. The fourth-order valence-electron chi connectivity index (χ4n) is 1.99. The van der Waals surface area contributed by atoms with Crippen molar-refractivity contribution in [1.82, 2.24) is 0 Å². The van der Waals surface area contributed by atoms with Gasteiger partial charge in [-0.2, -0.15) is 5.26 Å². The van der Waals surface area contributed by atoms with Gasteiger partial charge in [0, 0.05) is 5.57 Å². The van der Waals surface area contributed by atoms with Gasteiger partial charge in [0.2, 0.25) is 0 Å². The molecule has 0 saturated carbocycles. The van der Waals surface area contributed by atoms with Crippen LogP contribution in [0.2, 0.25) is 0 Å². The van der Waals surface area contributed by atoms with Gasteiger partial charge in [-0.3, -0.25) is 0 Å². The second-order valence-electron chi connectivity index (χ2n) is 3.64. The van der Waals surface area contributed by atoms with E-state index in [-0.39, 0.29) is 0 Å². The van der Waals surface area contributed by atoms with Crippen LogP contribution in [0.4, 0.5) is 0 Å². The lowest BCUT2D eigenvalue weighted by atomic mass is 9.88. The predicted octanol–water partition coefficient (Wildman–Crippen LogP) is 3.54. The van der Waals surface area contributed by atoms with Crippen LogP contribution < -0.4 is 0 Å². The molecular weight excluding hydrogens is 170 g/mol. The topological polar surface area (TPSA) is 23.8 Å². The number of nitriles is 1. The minimum Gasteiger partial charge on any atom is -0.193 e. The van der Waals surface area contributed by atoms with Gasteiger partial charge >= 0.3 is 0 Å². The SMILES string of the molecule is N#CC1=C(c2ccccc2)CCCC1. The maximum atomic E-state index is 9.01. The van der Waals surface area contributed by atoms with Crippen LogP contribution in [0.25, 0.3) is 5.57 Å². The van der Waals surface area contributed by atoms with E-state index in [1.165, 1.54) is 24.0 Å². The molecule has 0 aliphatic heterocycles. The molecule has 1 aromatic carbocycles. The van der Waals surface area contributed by atoms with Gasteiger partial charge in [0.15, 0.2) is 0 Å². The summed E-state index contributed by atoms with van der Waals surface area (Å²) in [5.41, 5.74) is 3.48. The van der Waals surface area contributed by atoms with Gasteiger partial charge in [-0.05, 0) is 36.8 Å². The summed E-state index contributed by atoms with van der Waals surface area (Å²) >= 11 is 0. The number of hydrogen-bond donors (Lipinski definition) is 0. The fourth-order valence-corrected chi connectivity index (χ4v) is 1.99. The highest BCUT2D eigenvalue weighted by atomic mass is 14.3. The molecule has 0 bridgehead atoms. The Kier molecular flexibility index (Phi) is 2.65. The number of hydrogen-bond acceptors (Lipinski definition) is 1. The van der Waals surface area contributed by atoms with Gasteiger partial charge in [-0.15, -0.1) is 0 Å². The predicted molar refractivity (Wildman–Crippen MR) is 57.4 cm³/mol. The third kappa shape index (κ3) is 1.70. The highest BCUT2D eigenvalue weighted by molar-refractivity contribution is 5.72. The minimum absolute atomic E-state index is 0.959. The summed E-state index contributed by atoms with van der Waals surface area (Å²) in [5.74, 6) is 0. The van der Waals surface area contributed by atoms with Crippen molar-refractivity contribution in [3.8, 4) is 6.07 Å². The van der Waals surface area contributed by atoms with E-state index in [1.54, 1.807) is 0 Å². The normalized spacial score (nSPS) is 16.5. The molecule has 0 unspecified atom stereocenters. The Morgan fingerprint density at radius 1 is 1.00 bits per heavy atom. The van der Waals surface area contributed by atoms with E-state index >= 15 is 0 Å². The van der Waals surface area contributed by atoms with Crippen LogP contribution in [0.3, 0.4) is 0 Å². The van der Waals surface area contributed by atoms with Crippen molar-refractivity contribution in [2.75, 3.05) is 0 Å². The van der Waals surface area contributed by atoms with Crippen molar-refractivity contribution in [2.45, 2.75) is 25.7 Å². The molecule has 0 amide bonds. The summed E-state index contributed by atoms with van der Waals surface area (Å²) in [6.45, 7) is 0. The smallest absolute Gasteiger partial charge is 0.0950 e. The highest BCUT2D eigenvalue weighted by Crippen LogP contribution is 2.31. The van der Waals surface area contributed by atoms with Crippen LogP contribution in [0.5, 0.6) is 0 Å². The van der Waals surface area contributed by atoms with Gasteiger partial charge in [-0.25, -0.2) is 0 Å². The van der Waals surface area contributed by atoms with Crippen molar-refractivity contribution in [1.29, 1.82) is 5.26 Å². The second-order valence-corrected chi connectivity index (χ2v) is 3.64. The molecule has 0 radical (unpaired) electrons. The molecule has 2 rings (SSSR count). The third-order valence-electron chi connectivity index (χ3n) is 2.73. The first-order valence-electron chi connectivity index (χ1n) is 5.09. The molecule has 0 heterocycles. The van der Waals surface area contributed by atoms with E-state index in [0.29, 0.717) is 0 Å². The molecule has 1 aliphatic carbocycles. The van der Waals surface area contributed by atoms with Gasteiger partial charge < -0.3 is 0 Å². The Bertz CT molecular complexity index is 381. The Morgan fingerprint density at radius 3 is 2.43 bits per heavy atom. The number of benzene rings is 1. The average molecular weight is 183 g/mol.